The number of pyridine rings is 1. The summed E-state index contributed by atoms with van der Waals surface area (Å²) >= 11 is 17.5. The molecule has 2 aromatic rings. The molecular weight excluding hydrogens is 299 g/mol. The molecule has 6 heteroatoms. The SMILES string of the molecule is COc1ccc(-c2nc(Cl)c(Cl)cc2Cl)c(F)c1. The highest BCUT2D eigenvalue weighted by Crippen LogP contribution is 2.34. The predicted molar refractivity (Wildman–Crippen MR) is 71.2 cm³/mol. The summed E-state index contributed by atoms with van der Waals surface area (Å²) in [5.41, 5.74) is 0.477. The van der Waals surface area contributed by atoms with Crippen molar-refractivity contribution in [3.63, 3.8) is 0 Å². The fourth-order valence-electron chi connectivity index (χ4n) is 1.45. The van der Waals surface area contributed by atoms with Gasteiger partial charge in [-0.1, -0.05) is 34.8 Å². The number of ether oxygens (including phenoxy) is 1. The second-order valence-electron chi connectivity index (χ2n) is 3.44. The molecule has 0 aliphatic rings. The molecule has 0 unspecified atom stereocenters. The normalized spacial score (nSPS) is 10.5. The minimum atomic E-state index is -0.498. The van der Waals surface area contributed by atoms with Gasteiger partial charge in [0.25, 0.3) is 0 Å². The van der Waals surface area contributed by atoms with Crippen LogP contribution in [0.4, 0.5) is 4.39 Å². The van der Waals surface area contributed by atoms with Crippen molar-refractivity contribution in [1.29, 1.82) is 0 Å². The van der Waals surface area contributed by atoms with Crippen LogP contribution < -0.4 is 4.74 Å². The van der Waals surface area contributed by atoms with E-state index in [1.165, 1.54) is 25.3 Å². The van der Waals surface area contributed by atoms with Gasteiger partial charge in [-0.3, -0.25) is 0 Å². The van der Waals surface area contributed by atoms with Crippen LogP contribution in [-0.4, -0.2) is 12.1 Å². The number of benzene rings is 1. The first kappa shape index (κ1) is 13.4. The van der Waals surface area contributed by atoms with Gasteiger partial charge in [-0.2, -0.15) is 0 Å². The van der Waals surface area contributed by atoms with Gasteiger partial charge < -0.3 is 4.74 Å². The maximum absolute atomic E-state index is 13.9. The molecule has 0 aliphatic carbocycles. The van der Waals surface area contributed by atoms with E-state index in [4.69, 9.17) is 39.5 Å². The molecular formula is C12H7Cl3FNO. The Labute approximate surface area is 118 Å². The van der Waals surface area contributed by atoms with E-state index < -0.39 is 5.82 Å². The Hall–Kier alpha value is -1.03. The fraction of sp³-hybridized carbons (Fsp3) is 0.0833. The molecule has 2 nitrogen and oxygen atoms in total. The molecule has 0 amide bonds. The van der Waals surface area contributed by atoms with Crippen LogP contribution in [0.5, 0.6) is 5.75 Å². The number of hydrogen-bond acceptors (Lipinski definition) is 2. The zero-order valence-electron chi connectivity index (χ0n) is 9.18. The summed E-state index contributed by atoms with van der Waals surface area (Å²) in [7, 11) is 1.46. The van der Waals surface area contributed by atoms with Gasteiger partial charge in [0.15, 0.2) is 0 Å². The number of halogens is 4. The van der Waals surface area contributed by atoms with Crippen LogP contribution in [0.3, 0.4) is 0 Å². The lowest BCUT2D eigenvalue weighted by molar-refractivity contribution is 0.411. The largest absolute Gasteiger partial charge is 0.497 e. The van der Waals surface area contributed by atoms with E-state index in [-0.39, 0.29) is 26.5 Å². The highest BCUT2D eigenvalue weighted by Gasteiger charge is 2.14. The van der Waals surface area contributed by atoms with Gasteiger partial charge >= 0.3 is 0 Å². The van der Waals surface area contributed by atoms with E-state index in [9.17, 15) is 4.39 Å². The van der Waals surface area contributed by atoms with Crippen LogP contribution >= 0.6 is 34.8 Å². The molecule has 0 N–H and O–H groups in total. The smallest absolute Gasteiger partial charge is 0.148 e. The second-order valence-corrected chi connectivity index (χ2v) is 4.61. The molecule has 0 spiro atoms. The fourth-order valence-corrected chi connectivity index (χ4v) is 2.05. The lowest BCUT2D eigenvalue weighted by Crippen LogP contribution is -1.92. The molecule has 0 atom stereocenters. The maximum atomic E-state index is 13.9. The predicted octanol–water partition coefficient (Wildman–Crippen LogP) is 4.86. The Balaban J connectivity index is 2.58. The van der Waals surface area contributed by atoms with Gasteiger partial charge in [-0.15, -0.1) is 0 Å². The van der Waals surface area contributed by atoms with E-state index in [1.807, 2.05) is 0 Å². The minimum absolute atomic E-state index is 0.0753. The monoisotopic (exact) mass is 305 g/mol. The van der Waals surface area contributed by atoms with Crippen LogP contribution in [0.2, 0.25) is 15.2 Å². The van der Waals surface area contributed by atoms with Crippen molar-refractivity contribution in [2.45, 2.75) is 0 Å². The Bertz CT molecular complexity index is 604. The number of methoxy groups -OCH3 is 1. The maximum Gasteiger partial charge on any atom is 0.148 e. The molecule has 94 valence electrons. The van der Waals surface area contributed by atoms with Crippen molar-refractivity contribution in [3.8, 4) is 17.0 Å². The van der Waals surface area contributed by atoms with Gasteiger partial charge in [-0.05, 0) is 18.2 Å². The van der Waals surface area contributed by atoms with Crippen molar-refractivity contribution in [1.82, 2.24) is 4.98 Å². The van der Waals surface area contributed by atoms with Gasteiger partial charge in [0.2, 0.25) is 0 Å². The van der Waals surface area contributed by atoms with Gasteiger partial charge in [0, 0.05) is 11.6 Å². The van der Waals surface area contributed by atoms with E-state index in [0.29, 0.717) is 5.75 Å². The first-order valence-electron chi connectivity index (χ1n) is 4.88. The Morgan fingerprint density at radius 3 is 2.44 bits per heavy atom. The van der Waals surface area contributed by atoms with E-state index in [2.05, 4.69) is 4.98 Å². The third-order valence-electron chi connectivity index (χ3n) is 2.32. The summed E-state index contributed by atoms with van der Waals surface area (Å²) in [5, 5.41) is 0.527. The molecule has 0 aliphatic heterocycles. The standard InChI is InChI=1S/C12H7Cl3FNO/c1-18-6-2-3-7(10(16)4-6)11-8(13)5-9(14)12(15)17-11/h2-5H,1H3. The number of rotatable bonds is 2. The molecule has 0 fully saturated rings. The zero-order chi connectivity index (χ0) is 13.3. The second kappa shape index (κ2) is 5.31. The van der Waals surface area contributed by atoms with E-state index >= 15 is 0 Å². The Kier molecular flexibility index (Phi) is 3.95. The van der Waals surface area contributed by atoms with Gasteiger partial charge in [0.1, 0.15) is 16.7 Å². The zero-order valence-corrected chi connectivity index (χ0v) is 11.4. The van der Waals surface area contributed by atoms with Crippen LogP contribution in [0.25, 0.3) is 11.3 Å². The molecule has 2 rings (SSSR count). The summed E-state index contributed by atoms with van der Waals surface area (Å²) in [4.78, 5) is 3.98. The molecule has 0 saturated carbocycles. The average molecular weight is 307 g/mol. The minimum Gasteiger partial charge on any atom is -0.497 e. The van der Waals surface area contributed by atoms with Gasteiger partial charge in [-0.25, -0.2) is 9.37 Å². The summed E-state index contributed by atoms with van der Waals surface area (Å²) in [6.45, 7) is 0. The van der Waals surface area contributed by atoms with Crippen LogP contribution in [0, 0.1) is 5.82 Å². The summed E-state index contributed by atoms with van der Waals surface area (Å²) < 4.78 is 18.8. The highest BCUT2D eigenvalue weighted by atomic mass is 35.5. The number of aromatic nitrogens is 1. The molecule has 1 aromatic heterocycles. The molecule has 0 bridgehead atoms. The summed E-state index contributed by atoms with van der Waals surface area (Å²) in [6, 6.07) is 5.80. The highest BCUT2D eigenvalue weighted by molar-refractivity contribution is 6.42. The first-order valence-corrected chi connectivity index (χ1v) is 6.01. The van der Waals surface area contributed by atoms with Crippen molar-refractivity contribution >= 4 is 34.8 Å². The van der Waals surface area contributed by atoms with Crippen LogP contribution in [0.15, 0.2) is 24.3 Å². The molecule has 0 saturated heterocycles. The van der Waals surface area contributed by atoms with Crippen molar-refractivity contribution in [3.05, 3.63) is 45.3 Å². The summed E-state index contributed by atoms with van der Waals surface area (Å²) in [5.74, 6) is -0.0884. The molecule has 1 aromatic carbocycles. The van der Waals surface area contributed by atoms with Crippen molar-refractivity contribution in [2.75, 3.05) is 7.11 Å². The summed E-state index contributed by atoms with van der Waals surface area (Å²) in [6.07, 6.45) is 0. The topological polar surface area (TPSA) is 22.1 Å². The quantitative estimate of drug-likeness (QED) is 0.739. The van der Waals surface area contributed by atoms with Crippen molar-refractivity contribution < 1.29 is 9.13 Å². The number of nitrogens with zero attached hydrogens (tertiary/aromatic N) is 1. The van der Waals surface area contributed by atoms with E-state index in [1.54, 1.807) is 6.07 Å². The molecule has 0 radical (unpaired) electrons. The Morgan fingerprint density at radius 2 is 1.83 bits per heavy atom. The Morgan fingerprint density at radius 1 is 1.11 bits per heavy atom. The lowest BCUT2D eigenvalue weighted by atomic mass is 10.1. The first-order chi connectivity index (χ1) is 8.52. The third-order valence-corrected chi connectivity index (χ3v) is 3.28. The average Bonchev–Trinajstić information content (AvgIpc) is 2.34. The molecule has 18 heavy (non-hydrogen) atoms. The lowest BCUT2D eigenvalue weighted by Gasteiger charge is -2.08. The molecule has 1 heterocycles. The number of hydrogen-bond donors (Lipinski definition) is 0. The van der Waals surface area contributed by atoms with Crippen LogP contribution in [0.1, 0.15) is 0 Å². The van der Waals surface area contributed by atoms with Gasteiger partial charge in [0.05, 0.1) is 22.8 Å². The van der Waals surface area contributed by atoms with Crippen LogP contribution in [-0.2, 0) is 0 Å². The third kappa shape index (κ3) is 2.53. The van der Waals surface area contributed by atoms with Crippen molar-refractivity contribution in [2.24, 2.45) is 0 Å². The van der Waals surface area contributed by atoms with E-state index in [0.717, 1.165) is 0 Å².